The van der Waals surface area contributed by atoms with Crippen LogP contribution in [0.1, 0.15) is 23.6 Å². The van der Waals surface area contributed by atoms with Gasteiger partial charge in [-0.2, -0.15) is 13.2 Å². The maximum Gasteiger partial charge on any atom is 0.416 e. The van der Waals surface area contributed by atoms with Gasteiger partial charge in [-0.3, -0.25) is 4.79 Å². The van der Waals surface area contributed by atoms with E-state index in [-0.39, 0.29) is 17.1 Å². The van der Waals surface area contributed by atoms with Gasteiger partial charge in [-0.05, 0) is 60.0 Å². The van der Waals surface area contributed by atoms with Gasteiger partial charge in [0.1, 0.15) is 11.3 Å². The third-order valence-corrected chi connectivity index (χ3v) is 5.01. The van der Waals surface area contributed by atoms with E-state index < -0.39 is 23.5 Å². The van der Waals surface area contributed by atoms with E-state index in [1.807, 2.05) is 19.1 Å². The zero-order chi connectivity index (χ0) is 23.6. The molecule has 0 saturated carbocycles. The van der Waals surface area contributed by atoms with Gasteiger partial charge in [-0.1, -0.05) is 31.2 Å². The highest BCUT2D eigenvalue weighted by molar-refractivity contribution is 6.02. The van der Waals surface area contributed by atoms with Crippen LogP contribution in [0.25, 0.3) is 28.6 Å². The van der Waals surface area contributed by atoms with Crippen molar-refractivity contribution in [1.29, 1.82) is 0 Å². The second-order valence-electron chi connectivity index (χ2n) is 7.28. The lowest BCUT2D eigenvalue weighted by Gasteiger charge is -2.09. The number of oxazole rings is 1. The highest BCUT2D eigenvalue weighted by Crippen LogP contribution is 2.32. The summed E-state index contributed by atoms with van der Waals surface area (Å²) in [5.74, 6) is -1.27. The number of amides is 1. The zero-order valence-corrected chi connectivity index (χ0v) is 17.4. The number of benzene rings is 3. The molecule has 0 bridgehead atoms. The van der Waals surface area contributed by atoms with E-state index in [4.69, 9.17) is 4.42 Å². The molecule has 1 heterocycles. The van der Waals surface area contributed by atoms with Gasteiger partial charge in [0.15, 0.2) is 5.58 Å². The van der Waals surface area contributed by atoms with Crippen molar-refractivity contribution in [2.75, 3.05) is 5.32 Å². The Morgan fingerprint density at radius 2 is 1.88 bits per heavy atom. The highest BCUT2D eigenvalue weighted by atomic mass is 19.4. The van der Waals surface area contributed by atoms with Crippen LogP contribution < -0.4 is 5.32 Å². The lowest BCUT2D eigenvalue weighted by molar-refractivity contribution is -0.137. The topological polar surface area (TPSA) is 55.1 Å². The van der Waals surface area contributed by atoms with Crippen molar-refractivity contribution >= 4 is 28.8 Å². The summed E-state index contributed by atoms with van der Waals surface area (Å²) in [6.07, 6.45) is -1.75. The first-order chi connectivity index (χ1) is 15.7. The fraction of sp³-hybridized carbons (Fsp3) is 0.120. The average Bonchev–Trinajstić information content (AvgIpc) is 3.22. The number of hydrogen-bond donors (Lipinski definition) is 1. The molecule has 4 rings (SSSR count). The van der Waals surface area contributed by atoms with Gasteiger partial charge in [-0.25, -0.2) is 9.37 Å². The number of rotatable bonds is 5. The van der Waals surface area contributed by atoms with Crippen molar-refractivity contribution in [2.24, 2.45) is 0 Å². The van der Waals surface area contributed by atoms with E-state index in [1.165, 1.54) is 36.4 Å². The second kappa shape index (κ2) is 8.90. The van der Waals surface area contributed by atoms with E-state index in [9.17, 15) is 22.4 Å². The number of fused-ring (bicyclic) bond motifs is 1. The summed E-state index contributed by atoms with van der Waals surface area (Å²) < 4.78 is 59.5. The molecule has 33 heavy (non-hydrogen) atoms. The minimum absolute atomic E-state index is 0.123. The number of anilines is 1. The molecule has 0 aliphatic heterocycles. The van der Waals surface area contributed by atoms with E-state index in [2.05, 4.69) is 10.3 Å². The summed E-state index contributed by atoms with van der Waals surface area (Å²) in [6.45, 7) is 2.02. The van der Waals surface area contributed by atoms with Crippen molar-refractivity contribution in [2.45, 2.75) is 19.5 Å². The molecule has 0 aliphatic rings. The van der Waals surface area contributed by atoms with Gasteiger partial charge in [0, 0.05) is 11.6 Å². The molecule has 0 spiro atoms. The third kappa shape index (κ3) is 4.95. The molecule has 1 amide bonds. The molecule has 168 valence electrons. The standard InChI is InChI=1S/C25H18F4N2O2/c1-2-15-7-11-22-21(13-15)31-24(33-22)17-8-10-20(19(26)14-17)30-23(32)12-9-16-5-3-4-6-18(16)25(27,28)29/h3-14H,2H2,1H3,(H,30,32)/b12-9+. The Hall–Kier alpha value is -3.94. The van der Waals surface area contributed by atoms with E-state index >= 15 is 0 Å². The van der Waals surface area contributed by atoms with Crippen molar-refractivity contribution in [3.8, 4) is 11.5 Å². The van der Waals surface area contributed by atoms with Crippen LogP contribution in [0, 0.1) is 5.82 Å². The number of aromatic nitrogens is 1. The number of halogens is 4. The second-order valence-corrected chi connectivity index (χ2v) is 7.28. The number of alkyl halides is 3. The summed E-state index contributed by atoms with van der Waals surface area (Å²) in [7, 11) is 0. The van der Waals surface area contributed by atoms with Crippen LogP contribution in [-0.4, -0.2) is 10.9 Å². The van der Waals surface area contributed by atoms with Crippen LogP contribution >= 0.6 is 0 Å². The molecule has 1 N–H and O–H groups in total. The predicted octanol–water partition coefficient (Wildman–Crippen LogP) is 6.87. The Bertz CT molecular complexity index is 1360. The summed E-state index contributed by atoms with van der Waals surface area (Å²) in [5, 5.41) is 2.33. The predicted molar refractivity (Wildman–Crippen MR) is 118 cm³/mol. The summed E-state index contributed by atoms with van der Waals surface area (Å²) in [6, 6.07) is 14.5. The molecule has 0 atom stereocenters. The van der Waals surface area contributed by atoms with Crippen LogP contribution in [-0.2, 0) is 17.4 Å². The Kier molecular flexibility index (Phi) is 6.00. The molecular formula is C25H18F4N2O2. The summed E-state index contributed by atoms with van der Waals surface area (Å²) in [4.78, 5) is 16.5. The van der Waals surface area contributed by atoms with Crippen LogP contribution in [0.3, 0.4) is 0 Å². The minimum atomic E-state index is -4.55. The minimum Gasteiger partial charge on any atom is -0.436 e. The maximum atomic E-state index is 14.6. The first kappa shape index (κ1) is 22.3. The van der Waals surface area contributed by atoms with Gasteiger partial charge >= 0.3 is 6.18 Å². The van der Waals surface area contributed by atoms with Crippen LogP contribution in [0.2, 0.25) is 0 Å². The third-order valence-electron chi connectivity index (χ3n) is 5.01. The highest BCUT2D eigenvalue weighted by Gasteiger charge is 2.32. The number of carbonyl (C=O) groups excluding carboxylic acids is 1. The van der Waals surface area contributed by atoms with Crippen LogP contribution in [0.4, 0.5) is 23.2 Å². The summed E-state index contributed by atoms with van der Waals surface area (Å²) >= 11 is 0. The number of hydrogen-bond acceptors (Lipinski definition) is 3. The lowest BCUT2D eigenvalue weighted by atomic mass is 10.1. The van der Waals surface area contributed by atoms with Gasteiger partial charge in [-0.15, -0.1) is 0 Å². The lowest BCUT2D eigenvalue weighted by Crippen LogP contribution is -2.10. The molecule has 0 saturated heterocycles. The Labute approximate surface area is 186 Å². The molecule has 8 heteroatoms. The van der Waals surface area contributed by atoms with Crippen molar-refractivity contribution in [3.05, 3.63) is 89.2 Å². The van der Waals surface area contributed by atoms with E-state index in [0.717, 1.165) is 30.2 Å². The molecule has 1 aromatic heterocycles. The van der Waals surface area contributed by atoms with Gasteiger partial charge in [0.25, 0.3) is 0 Å². The molecule has 4 aromatic rings. The number of aryl methyl sites for hydroxylation is 1. The van der Waals surface area contributed by atoms with E-state index in [0.29, 0.717) is 16.7 Å². The molecule has 4 nitrogen and oxygen atoms in total. The van der Waals surface area contributed by atoms with Crippen LogP contribution in [0.15, 0.2) is 71.2 Å². The molecule has 3 aromatic carbocycles. The molecule has 0 unspecified atom stereocenters. The first-order valence-corrected chi connectivity index (χ1v) is 10.1. The van der Waals surface area contributed by atoms with Gasteiger partial charge in [0.05, 0.1) is 11.3 Å². The first-order valence-electron chi connectivity index (χ1n) is 10.1. The normalized spacial score (nSPS) is 11.9. The maximum absolute atomic E-state index is 14.6. The number of nitrogens with one attached hydrogen (secondary N) is 1. The number of carbonyl (C=O) groups is 1. The van der Waals surface area contributed by atoms with Crippen molar-refractivity contribution in [1.82, 2.24) is 4.98 Å². The zero-order valence-electron chi connectivity index (χ0n) is 17.4. The Balaban J connectivity index is 1.51. The fourth-order valence-corrected chi connectivity index (χ4v) is 3.31. The Morgan fingerprint density at radius 1 is 1.09 bits per heavy atom. The molecule has 0 fully saturated rings. The van der Waals surface area contributed by atoms with Crippen LogP contribution in [0.5, 0.6) is 0 Å². The summed E-state index contributed by atoms with van der Waals surface area (Å²) in [5.41, 5.74) is 1.55. The molecular weight excluding hydrogens is 436 g/mol. The quantitative estimate of drug-likeness (QED) is 0.265. The van der Waals surface area contributed by atoms with Gasteiger partial charge in [0.2, 0.25) is 11.8 Å². The smallest absolute Gasteiger partial charge is 0.416 e. The fourth-order valence-electron chi connectivity index (χ4n) is 3.31. The van der Waals surface area contributed by atoms with Crippen molar-refractivity contribution in [3.63, 3.8) is 0 Å². The van der Waals surface area contributed by atoms with Crippen molar-refractivity contribution < 1.29 is 26.8 Å². The molecule has 0 radical (unpaired) electrons. The number of nitrogens with zero attached hydrogens (tertiary/aromatic N) is 1. The SMILES string of the molecule is CCc1ccc2oc(-c3ccc(NC(=O)/C=C/c4ccccc4C(F)(F)F)c(F)c3)nc2c1. The average molecular weight is 454 g/mol. The largest absolute Gasteiger partial charge is 0.436 e. The van der Waals surface area contributed by atoms with E-state index in [1.54, 1.807) is 6.07 Å². The Morgan fingerprint density at radius 3 is 2.61 bits per heavy atom. The monoisotopic (exact) mass is 454 g/mol. The van der Waals surface area contributed by atoms with Gasteiger partial charge < -0.3 is 9.73 Å². The molecule has 0 aliphatic carbocycles.